The zero-order chi connectivity index (χ0) is 19.3. The van der Waals surface area contributed by atoms with Crippen molar-refractivity contribution in [2.45, 2.75) is 0 Å². The number of fused-ring (bicyclic) bond motifs is 5. The zero-order valence-electron chi connectivity index (χ0n) is 15.1. The summed E-state index contributed by atoms with van der Waals surface area (Å²) in [5.74, 6) is -0.474. The molecule has 0 bridgehead atoms. The summed E-state index contributed by atoms with van der Waals surface area (Å²) in [7, 11) is 1.35. The van der Waals surface area contributed by atoms with Gasteiger partial charge in [0.25, 0.3) is 5.56 Å². The number of hydrogen-bond acceptors (Lipinski definition) is 3. The zero-order valence-corrected chi connectivity index (χ0v) is 15.1. The molecule has 2 aromatic heterocycles. The van der Waals surface area contributed by atoms with Crippen LogP contribution in [0.25, 0.3) is 33.1 Å². The number of rotatable bonds is 2. The highest BCUT2D eigenvalue weighted by atomic mass is 16.5. The van der Waals surface area contributed by atoms with Crippen molar-refractivity contribution in [2.24, 2.45) is 0 Å². The van der Waals surface area contributed by atoms with Gasteiger partial charge in [0.05, 0.1) is 29.2 Å². The van der Waals surface area contributed by atoms with Crippen LogP contribution in [0.1, 0.15) is 10.4 Å². The highest BCUT2D eigenvalue weighted by Crippen LogP contribution is 2.31. The quantitative estimate of drug-likeness (QED) is 0.439. The highest BCUT2D eigenvalue weighted by Gasteiger charge is 2.24. The summed E-state index contributed by atoms with van der Waals surface area (Å²) in [6, 6.07) is 24.4. The van der Waals surface area contributed by atoms with Gasteiger partial charge in [0.2, 0.25) is 0 Å². The average Bonchev–Trinajstić information content (AvgIpc) is 3.09. The smallest absolute Gasteiger partial charge is 0.342 e. The van der Waals surface area contributed by atoms with Crippen molar-refractivity contribution in [1.82, 2.24) is 8.97 Å². The number of benzene rings is 3. The fourth-order valence-corrected chi connectivity index (χ4v) is 3.87. The Morgan fingerprint density at radius 3 is 2.04 bits per heavy atom. The van der Waals surface area contributed by atoms with E-state index in [0.29, 0.717) is 22.3 Å². The summed E-state index contributed by atoms with van der Waals surface area (Å²) in [5, 5.41) is 1.32. The minimum Gasteiger partial charge on any atom is -0.465 e. The molecule has 5 aromatic rings. The van der Waals surface area contributed by atoms with Gasteiger partial charge in [-0.3, -0.25) is 13.8 Å². The van der Waals surface area contributed by atoms with E-state index in [0.717, 1.165) is 16.4 Å². The molecule has 5 heteroatoms. The van der Waals surface area contributed by atoms with Crippen molar-refractivity contribution < 1.29 is 9.53 Å². The van der Waals surface area contributed by atoms with Crippen LogP contribution in [0, 0.1) is 0 Å². The molecule has 0 saturated heterocycles. The molecule has 0 saturated carbocycles. The molecule has 2 heterocycles. The summed E-state index contributed by atoms with van der Waals surface area (Å²) >= 11 is 0. The van der Waals surface area contributed by atoms with Crippen molar-refractivity contribution >= 4 is 33.4 Å². The molecule has 0 unspecified atom stereocenters. The van der Waals surface area contributed by atoms with Crippen LogP contribution in [0.4, 0.5) is 0 Å². The van der Waals surface area contributed by atoms with Gasteiger partial charge >= 0.3 is 5.97 Å². The van der Waals surface area contributed by atoms with E-state index in [4.69, 9.17) is 4.74 Å². The fourth-order valence-electron chi connectivity index (χ4n) is 3.87. The predicted octanol–water partition coefficient (Wildman–Crippen LogP) is 4.18. The van der Waals surface area contributed by atoms with Gasteiger partial charge in [-0.15, -0.1) is 0 Å². The molecule has 0 atom stereocenters. The number of aromatic nitrogens is 2. The molecule has 0 N–H and O–H groups in total. The monoisotopic (exact) mass is 368 g/mol. The van der Waals surface area contributed by atoms with Crippen LogP contribution in [0.2, 0.25) is 0 Å². The number of hydrogen-bond donors (Lipinski definition) is 0. The molecule has 0 radical (unpaired) electrons. The number of methoxy groups -OCH3 is 1. The van der Waals surface area contributed by atoms with E-state index in [-0.39, 0.29) is 5.56 Å². The number of carbonyl (C=O) groups is 1. The van der Waals surface area contributed by atoms with Crippen molar-refractivity contribution in [2.75, 3.05) is 7.11 Å². The molecular formula is C23H16N2O3. The van der Waals surface area contributed by atoms with Crippen LogP contribution in [-0.2, 0) is 4.74 Å². The topological polar surface area (TPSA) is 52.7 Å². The predicted molar refractivity (Wildman–Crippen MR) is 109 cm³/mol. The summed E-state index contributed by atoms with van der Waals surface area (Å²) in [5.41, 5.74) is 2.99. The minimum atomic E-state index is -0.474. The average molecular weight is 368 g/mol. The maximum absolute atomic E-state index is 13.5. The molecule has 0 aliphatic carbocycles. The van der Waals surface area contributed by atoms with Crippen LogP contribution < -0.4 is 5.56 Å². The largest absolute Gasteiger partial charge is 0.465 e. The third-order valence-corrected chi connectivity index (χ3v) is 5.04. The van der Waals surface area contributed by atoms with E-state index in [1.807, 2.05) is 83.3 Å². The van der Waals surface area contributed by atoms with E-state index in [9.17, 15) is 9.59 Å². The van der Waals surface area contributed by atoms with E-state index >= 15 is 0 Å². The number of carbonyl (C=O) groups excluding carboxylic acids is 1. The normalized spacial score (nSPS) is 11.3. The van der Waals surface area contributed by atoms with E-state index in [2.05, 4.69) is 0 Å². The van der Waals surface area contributed by atoms with E-state index in [1.54, 1.807) is 4.57 Å². The first-order chi connectivity index (χ1) is 13.7. The molecule has 5 rings (SSSR count). The lowest BCUT2D eigenvalue weighted by Crippen LogP contribution is -2.22. The highest BCUT2D eigenvalue weighted by molar-refractivity contribution is 6.12. The molecule has 3 aromatic carbocycles. The molecule has 5 nitrogen and oxygen atoms in total. The minimum absolute atomic E-state index is 0.178. The van der Waals surface area contributed by atoms with Gasteiger partial charge in [-0.2, -0.15) is 0 Å². The van der Waals surface area contributed by atoms with Crippen molar-refractivity contribution in [3.63, 3.8) is 0 Å². The lowest BCUT2D eigenvalue weighted by Gasteiger charge is -2.13. The molecule has 0 spiro atoms. The van der Waals surface area contributed by atoms with Gasteiger partial charge in [-0.25, -0.2) is 4.79 Å². The molecule has 0 aliphatic heterocycles. The lowest BCUT2D eigenvalue weighted by molar-refractivity contribution is 0.0604. The second kappa shape index (κ2) is 6.09. The number of esters is 1. The van der Waals surface area contributed by atoms with E-state index in [1.165, 1.54) is 7.11 Å². The van der Waals surface area contributed by atoms with Crippen LogP contribution in [-0.4, -0.2) is 22.0 Å². The first-order valence-corrected chi connectivity index (χ1v) is 8.93. The molecule has 28 heavy (non-hydrogen) atoms. The number of ether oxygens (including phenoxy) is 1. The number of nitrogens with zero attached hydrogens (tertiary/aromatic N) is 2. The van der Waals surface area contributed by atoms with Crippen LogP contribution in [0.15, 0.2) is 83.7 Å². The first-order valence-electron chi connectivity index (χ1n) is 8.93. The molecule has 0 amide bonds. The van der Waals surface area contributed by atoms with Crippen LogP contribution in [0.3, 0.4) is 0 Å². The van der Waals surface area contributed by atoms with Crippen molar-refractivity contribution in [3.05, 3.63) is 94.8 Å². The Kier molecular flexibility index (Phi) is 3.55. The Morgan fingerprint density at radius 1 is 0.786 bits per heavy atom. The van der Waals surface area contributed by atoms with Crippen LogP contribution in [0.5, 0.6) is 0 Å². The fraction of sp³-hybridized carbons (Fsp3) is 0.0435. The Morgan fingerprint density at radius 2 is 1.36 bits per heavy atom. The molecule has 0 aliphatic rings. The van der Waals surface area contributed by atoms with Gasteiger partial charge in [-0.05, 0) is 30.3 Å². The Labute approximate surface area is 160 Å². The van der Waals surface area contributed by atoms with E-state index < -0.39 is 5.97 Å². The molecule has 136 valence electrons. The van der Waals surface area contributed by atoms with Gasteiger partial charge in [0.15, 0.2) is 0 Å². The van der Waals surface area contributed by atoms with Gasteiger partial charge in [0, 0.05) is 5.39 Å². The second-order valence-electron chi connectivity index (χ2n) is 6.54. The molecule has 0 fully saturated rings. The van der Waals surface area contributed by atoms with Gasteiger partial charge in [-0.1, -0.05) is 48.5 Å². The summed E-state index contributed by atoms with van der Waals surface area (Å²) in [6.45, 7) is 0. The maximum atomic E-state index is 13.5. The van der Waals surface area contributed by atoms with Crippen molar-refractivity contribution in [1.29, 1.82) is 0 Å². The van der Waals surface area contributed by atoms with Crippen molar-refractivity contribution in [3.8, 4) is 5.69 Å². The number of para-hydroxylation sites is 3. The standard InChI is InChI=1S/C23H16N2O3/c1-28-23(27)20-16-11-5-7-13-18(16)25-19-14-8-6-12-17(19)22(26)24(21(20)25)15-9-3-2-4-10-15/h2-14H,1H3. The Hall–Kier alpha value is -3.86. The summed E-state index contributed by atoms with van der Waals surface area (Å²) in [6.07, 6.45) is 0. The van der Waals surface area contributed by atoms with Gasteiger partial charge < -0.3 is 4.74 Å². The second-order valence-corrected chi connectivity index (χ2v) is 6.54. The lowest BCUT2D eigenvalue weighted by atomic mass is 10.1. The Bertz CT molecular complexity index is 1430. The van der Waals surface area contributed by atoms with Crippen LogP contribution >= 0.6 is 0 Å². The molecular weight excluding hydrogens is 352 g/mol. The Balaban J connectivity index is 2.17. The summed E-state index contributed by atoms with van der Waals surface area (Å²) < 4.78 is 8.64. The first kappa shape index (κ1) is 16.3. The SMILES string of the molecule is COC(=O)c1c2ccccc2n2c3ccccc3c(=O)n(-c3ccccc3)c12. The third-order valence-electron chi connectivity index (χ3n) is 5.04. The van der Waals surface area contributed by atoms with Gasteiger partial charge in [0.1, 0.15) is 11.2 Å². The maximum Gasteiger partial charge on any atom is 0.342 e. The summed E-state index contributed by atoms with van der Waals surface area (Å²) in [4.78, 5) is 26.3. The third kappa shape index (κ3) is 2.13.